The highest BCUT2D eigenvalue weighted by Crippen LogP contribution is 2.48. The Morgan fingerprint density at radius 1 is 1.11 bits per heavy atom. The maximum absolute atomic E-state index is 12.6. The first-order valence-corrected chi connectivity index (χ1v) is 12.3. The third-order valence-corrected chi connectivity index (χ3v) is 7.09. The van der Waals surface area contributed by atoms with E-state index in [4.69, 9.17) is 21.1 Å². The zero-order chi connectivity index (χ0) is 25.2. The highest BCUT2D eigenvalue weighted by atomic mass is 35.5. The maximum Gasteiger partial charge on any atom is 0.150 e. The fourth-order valence-corrected chi connectivity index (χ4v) is 5.09. The molecule has 36 heavy (non-hydrogen) atoms. The first-order chi connectivity index (χ1) is 17.5. The van der Waals surface area contributed by atoms with Gasteiger partial charge in [-0.1, -0.05) is 29.8 Å². The van der Waals surface area contributed by atoms with Gasteiger partial charge in [0.2, 0.25) is 0 Å². The molecule has 5 rings (SSSR count). The molecule has 184 valence electrons. The first kappa shape index (κ1) is 24.2. The van der Waals surface area contributed by atoms with Crippen molar-refractivity contribution < 1.29 is 19.0 Å². The van der Waals surface area contributed by atoms with Crippen LogP contribution < -0.4 is 9.47 Å². The van der Waals surface area contributed by atoms with Crippen molar-refractivity contribution in [2.75, 3.05) is 32.9 Å². The number of nitriles is 1. The number of hydrogen-bond acceptors (Lipinski definition) is 5. The Balaban J connectivity index is 1.42. The summed E-state index contributed by atoms with van der Waals surface area (Å²) in [5.74, 6) is 1.75. The maximum atomic E-state index is 12.6. The zero-order valence-corrected chi connectivity index (χ0v) is 20.6. The molecule has 0 aromatic heterocycles. The molecule has 7 heteroatoms. The molecule has 0 saturated carbocycles. The van der Waals surface area contributed by atoms with Gasteiger partial charge in [0, 0.05) is 47.3 Å². The highest BCUT2D eigenvalue weighted by molar-refractivity contribution is 6.33. The fourth-order valence-electron chi connectivity index (χ4n) is 4.81. The van der Waals surface area contributed by atoms with E-state index in [1.807, 2.05) is 37.3 Å². The molecule has 1 saturated heterocycles. The fraction of sp³-hybridized carbons (Fsp3) is 0.276. The van der Waals surface area contributed by atoms with Crippen molar-refractivity contribution in [3.05, 3.63) is 87.9 Å². The number of ether oxygens (including phenoxy) is 2. The number of alkyl halides is 1. The average molecular weight is 505 g/mol. The Labute approximate surface area is 215 Å². The van der Waals surface area contributed by atoms with Gasteiger partial charge >= 0.3 is 0 Å². The molecule has 3 aromatic carbocycles. The monoisotopic (exact) mass is 504 g/mol. The van der Waals surface area contributed by atoms with Crippen molar-refractivity contribution >= 4 is 22.7 Å². The van der Waals surface area contributed by atoms with Crippen molar-refractivity contribution in [3.8, 4) is 23.3 Å². The molecule has 0 amide bonds. The number of allylic oxidation sites excluding steroid dienone is 1. The molecular formula is C29H26ClFN2O3. The topological polar surface area (TPSA) is 65.7 Å². The van der Waals surface area contributed by atoms with Gasteiger partial charge in [0.25, 0.3) is 0 Å². The van der Waals surface area contributed by atoms with Gasteiger partial charge in [-0.25, -0.2) is 0 Å². The Hall–Kier alpha value is -3.53. The largest absolute Gasteiger partial charge is 0.508 e. The predicted molar refractivity (Wildman–Crippen MR) is 138 cm³/mol. The number of fused-ring (bicyclic) bond motifs is 1. The first-order valence-electron chi connectivity index (χ1n) is 11.9. The number of nitrogens with zero attached hydrogens (tertiary/aromatic N) is 2. The Kier molecular flexibility index (Phi) is 6.86. The van der Waals surface area contributed by atoms with Gasteiger partial charge in [-0.3, -0.25) is 9.29 Å². The summed E-state index contributed by atoms with van der Waals surface area (Å²) in [5, 5.41) is 19.8. The normalized spacial score (nSPS) is 17.7. The molecule has 1 unspecified atom stereocenters. The van der Waals surface area contributed by atoms with E-state index in [1.54, 1.807) is 30.3 Å². The summed E-state index contributed by atoms with van der Waals surface area (Å²) in [7, 11) is 0. The summed E-state index contributed by atoms with van der Waals surface area (Å²) in [4.78, 5) is 2.19. The summed E-state index contributed by atoms with van der Waals surface area (Å²) in [6.07, 6.45) is -0.444. The van der Waals surface area contributed by atoms with Gasteiger partial charge in [-0.2, -0.15) is 5.26 Å². The number of rotatable bonds is 7. The number of phenols is 1. The minimum absolute atomic E-state index is 0.153. The zero-order valence-electron chi connectivity index (χ0n) is 19.9. The lowest BCUT2D eigenvalue weighted by Gasteiger charge is -2.37. The molecule has 0 spiro atoms. The second-order valence-electron chi connectivity index (χ2n) is 9.22. The molecule has 2 aliphatic heterocycles. The van der Waals surface area contributed by atoms with E-state index in [0.29, 0.717) is 22.9 Å². The third-order valence-electron chi connectivity index (χ3n) is 6.78. The molecule has 1 fully saturated rings. The molecular weight excluding hydrogens is 479 g/mol. The number of benzene rings is 3. The van der Waals surface area contributed by atoms with Crippen molar-refractivity contribution in [2.24, 2.45) is 5.92 Å². The van der Waals surface area contributed by atoms with Crippen LogP contribution in [0.3, 0.4) is 0 Å². The van der Waals surface area contributed by atoms with Crippen LogP contribution in [-0.4, -0.2) is 42.9 Å². The molecule has 1 N–H and O–H groups in total. The standard InChI is InChI=1S/C29H26ClFN2O3/c1-18-25-13-22(34)5-9-27(25)36-29(28(18)24-8-2-19(15-32)12-26(24)30)21-3-6-23(7-4-21)35-11-10-33-16-20(14-31)17-33/h2-9,12-13,20,29,34H,10-11,14,16-17H2,1H3. The van der Waals surface area contributed by atoms with Gasteiger partial charge < -0.3 is 14.6 Å². The van der Waals surface area contributed by atoms with Gasteiger partial charge in [0.1, 0.15) is 30.0 Å². The highest BCUT2D eigenvalue weighted by Gasteiger charge is 2.31. The lowest BCUT2D eigenvalue weighted by molar-refractivity contribution is 0.0668. The second-order valence-corrected chi connectivity index (χ2v) is 9.63. The van der Waals surface area contributed by atoms with Crippen molar-refractivity contribution in [1.29, 1.82) is 5.26 Å². The smallest absolute Gasteiger partial charge is 0.150 e. The van der Waals surface area contributed by atoms with Gasteiger partial charge in [0.15, 0.2) is 0 Å². The van der Waals surface area contributed by atoms with Crippen LogP contribution in [0, 0.1) is 17.2 Å². The molecule has 0 bridgehead atoms. The number of phenolic OH excluding ortho intramolecular Hbond substituents is 1. The molecule has 5 nitrogen and oxygen atoms in total. The second kappa shape index (κ2) is 10.2. The SMILES string of the molecule is CC1=C(c2ccc(C#N)cc2Cl)C(c2ccc(OCCN3CC(CF)C3)cc2)Oc2ccc(O)cc21. The Morgan fingerprint density at radius 2 is 1.89 bits per heavy atom. The summed E-state index contributed by atoms with van der Waals surface area (Å²) in [5.41, 5.74) is 4.77. The van der Waals surface area contributed by atoms with E-state index < -0.39 is 6.10 Å². The lowest BCUT2D eigenvalue weighted by Crippen LogP contribution is -2.49. The van der Waals surface area contributed by atoms with Gasteiger partial charge in [-0.15, -0.1) is 0 Å². The quantitative estimate of drug-likeness (QED) is 0.411. The minimum Gasteiger partial charge on any atom is -0.508 e. The Bertz CT molecular complexity index is 1340. The van der Waals surface area contributed by atoms with Crippen LogP contribution in [0.15, 0.2) is 60.7 Å². The average Bonchev–Trinajstić information content (AvgIpc) is 2.86. The molecule has 0 radical (unpaired) electrons. The minimum atomic E-state index is -0.444. The molecule has 1 atom stereocenters. The van der Waals surface area contributed by atoms with E-state index in [0.717, 1.165) is 53.2 Å². The van der Waals surface area contributed by atoms with Crippen LogP contribution in [0.2, 0.25) is 5.02 Å². The molecule has 2 heterocycles. The van der Waals surface area contributed by atoms with Gasteiger partial charge in [0.05, 0.1) is 18.3 Å². The van der Waals surface area contributed by atoms with Crippen LogP contribution >= 0.6 is 11.6 Å². The van der Waals surface area contributed by atoms with E-state index in [1.165, 1.54) is 0 Å². The number of likely N-dealkylation sites (tertiary alicyclic amines) is 1. The summed E-state index contributed by atoms with van der Waals surface area (Å²) in [6, 6.07) is 20.2. The van der Waals surface area contributed by atoms with E-state index >= 15 is 0 Å². The van der Waals surface area contributed by atoms with Crippen molar-refractivity contribution in [3.63, 3.8) is 0 Å². The van der Waals surface area contributed by atoms with E-state index in [9.17, 15) is 14.8 Å². The number of halogens is 2. The van der Waals surface area contributed by atoms with Crippen LogP contribution in [-0.2, 0) is 0 Å². The summed E-state index contributed by atoms with van der Waals surface area (Å²) < 4.78 is 25.0. The molecule has 0 aliphatic carbocycles. The summed E-state index contributed by atoms with van der Waals surface area (Å²) >= 11 is 6.63. The lowest BCUT2D eigenvalue weighted by atomic mass is 9.86. The van der Waals surface area contributed by atoms with E-state index in [2.05, 4.69) is 11.0 Å². The van der Waals surface area contributed by atoms with E-state index in [-0.39, 0.29) is 18.3 Å². The Morgan fingerprint density at radius 3 is 2.58 bits per heavy atom. The number of aromatic hydroxyl groups is 1. The molecule has 2 aliphatic rings. The van der Waals surface area contributed by atoms with Crippen LogP contribution in [0.4, 0.5) is 4.39 Å². The predicted octanol–water partition coefficient (Wildman–Crippen LogP) is 6.26. The van der Waals surface area contributed by atoms with Gasteiger partial charge in [-0.05, 0) is 60.5 Å². The van der Waals surface area contributed by atoms with Crippen LogP contribution in [0.5, 0.6) is 17.2 Å². The van der Waals surface area contributed by atoms with Crippen LogP contribution in [0.1, 0.15) is 35.3 Å². The molecule has 3 aromatic rings. The van der Waals surface area contributed by atoms with Crippen molar-refractivity contribution in [2.45, 2.75) is 13.0 Å². The number of hydrogen-bond donors (Lipinski definition) is 1. The van der Waals surface area contributed by atoms with Crippen LogP contribution in [0.25, 0.3) is 11.1 Å². The van der Waals surface area contributed by atoms with Crippen molar-refractivity contribution in [1.82, 2.24) is 4.90 Å². The third kappa shape index (κ3) is 4.77. The summed E-state index contributed by atoms with van der Waals surface area (Å²) in [6.45, 7) is 4.64.